The quantitative estimate of drug-likeness (QED) is 0.918. The number of nitrogens with two attached hydrogens (primary N) is 1. The highest BCUT2D eigenvalue weighted by atomic mass is 35.5. The van der Waals surface area contributed by atoms with E-state index in [1.54, 1.807) is 12.1 Å². The first kappa shape index (κ1) is 13.5. The molecule has 0 atom stereocenters. The number of nitrogens with zero attached hydrogens (tertiary/aromatic N) is 1. The van der Waals surface area contributed by atoms with Crippen LogP contribution in [0.1, 0.15) is 30.3 Å². The summed E-state index contributed by atoms with van der Waals surface area (Å²) in [5, 5.41) is 0.752. The largest absolute Gasteiger partial charge is 0.326 e. The predicted molar refractivity (Wildman–Crippen MR) is 74.5 cm³/mol. The van der Waals surface area contributed by atoms with Crippen LogP contribution in [0.2, 0.25) is 5.02 Å². The Kier molecular flexibility index (Phi) is 4.00. The van der Waals surface area contributed by atoms with Gasteiger partial charge in [-0.25, -0.2) is 9.37 Å². The van der Waals surface area contributed by atoms with E-state index in [0.717, 1.165) is 10.6 Å². The van der Waals surface area contributed by atoms with E-state index in [4.69, 9.17) is 17.3 Å². The van der Waals surface area contributed by atoms with Crippen LogP contribution in [0.5, 0.6) is 0 Å². The topological polar surface area (TPSA) is 38.9 Å². The van der Waals surface area contributed by atoms with Gasteiger partial charge in [0.1, 0.15) is 5.01 Å². The van der Waals surface area contributed by atoms with Crippen LogP contribution in [0.25, 0.3) is 10.6 Å². The third kappa shape index (κ3) is 2.41. The van der Waals surface area contributed by atoms with Crippen LogP contribution in [0.4, 0.5) is 4.39 Å². The van der Waals surface area contributed by atoms with Crippen LogP contribution < -0.4 is 5.73 Å². The first-order chi connectivity index (χ1) is 8.54. The second kappa shape index (κ2) is 5.34. The third-order valence-corrected chi connectivity index (χ3v) is 4.06. The molecule has 0 fully saturated rings. The Labute approximate surface area is 115 Å². The Bertz CT molecular complexity index is 566. The van der Waals surface area contributed by atoms with Crippen molar-refractivity contribution in [3.8, 4) is 10.6 Å². The number of hydrogen-bond acceptors (Lipinski definition) is 3. The zero-order chi connectivity index (χ0) is 13.3. The van der Waals surface area contributed by atoms with E-state index in [2.05, 4.69) is 4.98 Å². The van der Waals surface area contributed by atoms with E-state index in [0.29, 0.717) is 17.1 Å². The summed E-state index contributed by atoms with van der Waals surface area (Å²) in [6.07, 6.45) is 0. The number of aromatic nitrogens is 1. The van der Waals surface area contributed by atoms with E-state index >= 15 is 0 Å². The molecular weight excluding hydrogens is 271 g/mol. The second-order valence-corrected chi connectivity index (χ2v) is 5.78. The van der Waals surface area contributed by atoms with Gasteiger partial charge in [-0.15, -0.1) is 11.3 Å². The van der Waals surface area contributed by atoms with Gasteiger partial charge in [-0.1, -0.05) is 31.5 Å². The van der Waals surface area contributed by atoms with Crippen LogP contribution in [0.15, 0.2) is 18.2 Å². The Balaban J connectivity index is 2.55. The summed E-state index contributed by atoms with van der Waals surface area (Å²) in [4.78, 5) is 5.49. The molecule has 1 aromatic carbocycles. The van der Waals surface area contributed by atoms with E-state index in [-0.39, 0.29) is 10.9 Å². The summed E-state index contributed by atoms with van der Waals surface area (Å²) in [6, 6.07) is 4.94. The average molecular weight is 285 g/mol. The number of thiazole rings is 1. The van der Waals surface area contributed by atoms with E-state index in [1.165, 1.54) is 17.4 Å². The first-order valence-electron chi connectivity index (χ1n) is 5.68. The molecule has 18 heavy (non-hydrogen) atoms. The Morgan fingerprint density at radius 3 is 2.72 bits per heavy atom. The summed E-state index contributed by atoms with van der Waals surface area (Å²) in [5.74, 6) is -0.150. The fourth-order valence-corrected chi connectivity index (χ4v) is 3.03. The molecule has 0 aliphatic carbocycles. The lowest BCUT2D eigenvalue weighted by molar-refractivity contribution is 0.631. The molecule has 1 heterocycles. The molecule has 0 aliphatic heterocycles. The number of benzene rings is 1. The maximum Gasteiger partial charge on any atom is 0.152 e. The van der Waals surface area contributed by atoms with Crippen molar-refractivity contribution in [2.45, 2.75) is 26.3 Å². The standard InChI is InChI=1S/C13H14ClFN2S/c1-7(2)12-10(6-16)18-13(17-12)8-4-3-5-9(14)11(8)15/h3-5,7H,6,16H2,1-2H3. The molecule has 0 radical (unpaired) electrons. The molecule has 0 saturated carbocycles. The molecule has 2 aromatic rings. The van der Waals surface area contributed by atoms with E-state index in [9.17, 15) is 4.39 Å². The molecule has 0 amide bonds. The maximum absolute atomic E-state index is 13.9. The van der Waals surface area contributed by atoms with Crippen LogP contribution in [-0.2, 0) is 6.54 Å². The van der Waals surface area contributed by atoms with Crippen LogP contribution >= 0.6 is 22.9 Å². The van der Waals surface area contributed by atoms with Crippen molar-refractivity contribution in [1.82, 2.24) is 4.98 Å². The minimum absolute atomic E-state index is 0.114. The minimum atomic E-state index is -0.424. The number of halogens is 2. The van der Waals surface area contributed by atoms with Gasteiger partial charge in [0.15, 0.2) is 5.82 Å². The van der Waals surface area contributed by atoms with Gasteiger partial charge in [-0.3, -0.25) is 0 Å². The van der Waals surface area contributed by atoms with E-state index < -0.39 is 5.82 Å². The van der Waals surface area contributed by atoms with Gasteiger partial charge in [-0.05, 0) is 18.1 Å². The molecule has 5 heteroatoms. The van der Waals surface area contributed by atoms with Crippen LogP contribution in [0, 0.1) is 5.82 Å². The molecule has 2 rings (SSSR count). The van der Waals surface area contributed by atoms with Gasteiger partial charge in [0.05, 0.1) is 10.7 Å². The highest BCUT2D eigenvalue weighted by molar-refractivity contribution is 7.15. The smallest absolute Gasteiger partial charge is 0.152 e. The second-order valence-electron chi connectivity index (χ2n) is 4.29. The van der Waals surface area contributed by atoms with Gasteiger partial charge in [0.25, 0.3) is 0 Å². The highest BCUT2D eigenvalue weighted by Gasteiger charge is 2.17. The maximum atomic E-state index is 13.9. The van der Waals surface area contributed by atoms with Crippen molar-refractivity contribution in [3.05, 3.63) is 39.6 Å². The molecular formula is C13H14ClFN2S. The average Bonchev–Trinajstić information content (AvgIpc) is 2.76. The lowest BCUT2D eigenvalue weighted by Gasteiger charge is -2.02. The molecule has 1 aromatic heterocycles. The van der Waals surface area contributed by atoms with Gasteiger partial charge >= 0.3 is 0 Å². The fraction of sp³-hybridized carbons (Fsp3) is 0.308. The van der Waals surface area contributed by atoms with Crippen LogP contribution in [-0.4, -0.2) is 4.98 Å². The first-order valence-corrected chi connectivity index (χ1v) is 6.88. The molecule has 0 saturated heterocycles. The summed E-state index contributed by atoms with van der Waals surface area (Å²) in [5.41, 5.74) is 7.08. The van der Waals surface area contributed by atoms with Crippen molar-refractivity contribution >= 4 is 22.9 Å². The SMILES string of the molecule is CC(C)c1nc(-c2cccc(Cl)c2F)sc1CN. The predicted octanol–water partition coefficient (Wildman–Crippen LogP) is 4.18. The minimum Gasteiger partial charge on any atom is -0.326 e. The Morgan fingerprint density at radius 2 is 2.17 bits per heavy atom. The van der Waals surface area contributed by atoms with Crippen molar-refractivity contribution in [1.29, 1.82) is 0 Å². The lowest BCUT2D eigenvalue weighted by Crippen LogP contribution is -1.99. The number of hydrogen-bond donors (Lipinski definition) is 1. The van der Waals surface area contributed by atoms with Gasteiger partial charge < -0.3 is 5.73 Å². The van der Waals surface area contributed by atoms with Crippen molar-refractivity contribution in [2.75, 3.05) is 0 Å². The number of rotatable bonds is 3. The summed E-state index contributed by atoms with van der Waals surface area (Å²) >= 11 is 7.21. The van der Waals surface area contributed by atoms with Gasteiger partial charge in [0.2, 0.25) is 0 Å². The van der Waals surface area contributed by atoms with E-state index in [1.807, 2.05) is 13.8 Å². The molecule has 0 unspecified atom stereocenters. The van der Waals surface area contributed by atoms with Crippen LogP contribution in [0.3, 0.4) is 0 Å². The Morgan fingerprint density at radius 1 is 1.44 bits per heavy atom. The fourth-order valence-electron chi connectivity index (χ4n) is 1.75. The molecule has 2 nitrogen and oxygen atoms in total. The van der Waals surface area contributed by atoms with Crippen molar-refractivity contribution in [2.24, 2.45) is 5.73 Å². The molecule has 0 spiro atoms. The van der Waals surface area contributed by atoms with Crippen molar-refractivity contribution < 1.29 is 4.39 Å². The normalized spacial score (nSPS) is 11.2. The summed E-state index contributed by atoms with van der Waals surface area (Å²) < 4.78 is 13.9. The van der Waals surface area contributed by atoms with Crippen molar-refractivity contribution in [3.63, 3.8) is 0 Å². The summed E-state index contributed by atoms with van der Waals surface area (Å²) in [6.45, 7) is 4.52. The zero-order valence-corrected chi connectivity index (χ0v) is 11.8. The zero-order valence-electron chi connectivity index (χ0n) is 10.2. The molecule has 0 aliphatic rings. The summed E-state index contributed by atoms with van der Waals surface area (Å²) in [7, 11) is 0. The Hall–Kier alpha value is -0.970. The molecule has 96 valence electrons. The lowest BCUT2D eigenvalue weighted by atomic mass is 10.1. The highest BCUT2D eigenvalue weighted by Crippen LogP contribution is 2.34. The van der Waals surface area contributed by atoms with Gasteiger partial charge in [-0.2, -0.15) is 0 Å². The monoisotopic (exact) mass is 284 g/mol. The molecule has 2 N–H and O–H groups in total. The molecule has 0 bridgehead atoms. The third-order valence-electron chi connectivity index (χ3n) is 2.64. The van der Waals surface area contributed by atoms with Gasteiger partial charge in [0, 0.05) is 17.0 Å².